The number of aromatic nitrogens is 1. The summed E-state index contributed by atoms with van der Waals surface area (Å²) in [6.45, 7) is 3.58. The number of fused-ring (bicyclic) bond motifs is 1. The molecule has 0 spiro atoms. The van der Waals surface area contributed by atoms with E-state index in [-0.39, 0.29) is 21.6 Å². The number of thiazole rings is 1. The predicted octanol–water partition coefficient (Wildman–Crippen LogP) is 4.67. The van der Waals surface area contributed by atoms with Gasteiger partial charge in [0.2, 0.25) is 0 Å². The van der Waals surface area contributed by atoms with E-state index in [4.69, 9.17) is 17.3 Å². The van der Waals surface area contributed by atoms with Crippen LogP contribution in [-0.4, -0.2) is 4.98 Å². The first-order valence-corrected chi connectivity index (χ1v) is 6.37. The first-order valence-electron chi connectivity index (χ1n) is 5.17. The highest BCUT2D eigenvalue weighted by Gasteiger charge is 2.35. The molecular weight excluding hydrogens is 285 g/mol. The van der Waals surface area contributed by atoms with Crippen LogP contribution in [-0.2, 0) is 6.18 Å². The fourth-order valence-electron chi connectivity index (χ4n) is 1.81. The molecule has 0 amide bonds. The highest BCUT2D eigenvalue weighted by Crippen LogP contribution is 2.44. The van der Waals surface area contributed by atoms with Gasteiger partial charge in [0.25, 0.3) is 0 Å². The van der Waals surface area contributed by atoms with Gasteiger partial charge in [-0.2, -0.15) is 13.2 Å². The molecule has 0 bridgehead atoms. The van der Waals surface area contributed by atoms with Crippen molar-refractivity contribution < 1.29 is 13.2 Å². The van der Waals surface area contributed by atoms with E-state index < -0.39 is 11.7 Å². The molecule has 1 aromatic carbocycles. The Bertz CT molecular complexity index is 604. The summed E-state index contributed by atoms with van der Waals surface area (Å²) in [5, 5.41) is -0.0176. The minimum absolute atomic E-state index is 0.137. The fraction of sp³-hybridized carbons (Fsp3) is 0.364. The van der Waals surface area contributed by atoms with Crippen molar-refractivity contribution in [3.8, 4) is 0 Å². The number of halogens is 4. The molecule has 0 atom stereocenters. The number of anilines is 1. The Morgan fingerprint density at radius 2 is 2.00 bits per heavy atom. The summed E-state index contributed by atoms with van der Waals surface area (Å²) in [5.41, 5.74) is 5.40. The van der Waals surface area contributed by atoms with E-state index in [0.29, 0.717) is 10.3 Å². The van der Waals surface area contributed by atoms with Gasteiger partial charge >= 0.3 is 6.18 Å². The van der Waals surface area contributed by atoms with Crippen molar-refractivity contribution >= 4 is 38.3 Å². The molecule has 98 valence electrons. The third kappa shape index (κ3) is 2.14. The number of rotatable bonds is 1. The van der Waals surface area contributed by atoms with E-state index in [1.165, 1.54) is 0 Å². The maximum Gasteiger partial charge on any atom is 0.417 e. The van der Waals surface area contributed by atoms with E-state index in [1.54, 1.807) is 13.8 Å². The van der Waals surface area contributed by atoms with Crippen molar-refractivity contribution in [2.75, 3.05) is 5.73 Å². The maximum absolute atomic E-state index is 12.9. The third-order valence-corrected chi connectivity index (χ3v) is 3.89. The van der Waals surface area contributed by atoms with Gasteiger partial charge in [0.05, 0.1) is 20.8 Å². The van der Waals surface area contributed by atoms with Crippen LogP contribution in [0.25, 0.3) is 10.2 Å². The molecule has 1 aromatic heterocycles. The van der Waals surface area contributed by atoms with Crippen LogP contribution < -0.4 is 5.73 Å². The van der Waals surface area contributed by atoms with E-state index in [0.717, 1.165) is 17.4 Å². The number of hydrogen-bond acceptors (Lipinski definition) is 3. The predicted molar refractivity (Wildman–Crippen MR) is 68.1 cm³/mol. The Hall–Kier alpha value is -1.01. The van der Waals surface area contributed by atoms with Gasteiger partial charge in [-0.05, 0) is 17.5 Å². The zero-order valence-corrected chi connectivity index (χ0v) is 11.2. The highest BCUT2D eigenvalue weighted by atomic mass is 35.5. The summed E-state index contributed by atoms with van der Waals surface area (Å²) >= 11 is 7.05. The van der Waals surface area contributed by atoms with Crippen LogP contribution in [0, 0.1) is 0 Å². The summed E-state index contributed by atoms with van der Waals surface area (Å²) in [5.74, 6) is -0.137. The van der Waals surface area contributed by atoms with Crippen molar-refractivity contribution in [1.82, 2.24) is 4.98 Å². The monoisotopic (exact) mass is 294 g/mol. The molecule has 2 nitrogen and oxygen atoms in total. The Kier molecular flexibility index (Phi) is 3.19. The molecule has 2 aromatic rings. The van der Waals surface area contributed by atoms with Gasteiger partial charge < -0.3 is 5.73 Å². The normalized spacial score (nSPS) is 12.6. The standard InChI is InChI=1S/C11H10ClF3N2S/c1-4(2)7-8(12)5(11(13,14)15)3-6-9(7)18-10(16)17-6/h3-4H,1-2H3,(H2,16,17). The molecule has 0 radical (unpaired) electrons. The molecule has 1 heterocycles. The lowest BCUT2D eigenvalue weighted by atomic mass is 9.99. The first-order chi connectivity index (χ1) is 8.21. The Balaban J connectivity index is 2.88. The van der Waals surface area contributed by atoms with Gasteiger partial charge in [-0.3, -0.25) is 0 Å². The smallest absolute Gasteiger partial charge is 0.375 e. The molecule has 0 saturated heterocycles. The fourth-order valence-corrected chi connectivity index (χ4v) is 3.35. The first kappa shape index (κ1) is 13.4. The molecule has 2 N–H and O–H groups in total. The molecule has 0 aliphatic rings. The molecule has 0 unspecified atom stereocenters. The van der Waals surface area contributed by atoms with Crippen molar-refractivity contribution in [1.29, 1.82) is 0 Å². The van der Waals surface area contributed by atoms with Crippen LogP contribution >= 0.6 is 22.9 Å². The summed E-state index contributed by atoms with van der Waals surface area (Å²) in [4.78, 5) is 3.91. The molecule has 2 rings (SSSR count). The quantitative estimate of drug-likeness (QED) is 0.830. The summed E-state index contributed by atoms with van der Waals surface area (Å²) in [6.07, 6.45) is -4.49. The van der Waals surface area contributed by atoms with Crippen LogP contribution in [0.2, 0.25) is 5.02 Å². The molecule has 18 heavy (non-hydrogen) atoms. The van der Waals surface area contributed by atoms with Gasteiger partial charge in [0, 0.05) is 0 Å². The maximum atomic E-state index is 12.9. The molecule has 0 aliphatic heterocycles. The van der Waals surface area contributed by atoms with E-state index in [2.05, 4.69) is 4.98 Å². The van der Waals surface area contributed by atoms with Gasteiger partial charge in [0.1, 0.15) is 0 Å². The van der Waals surface area contributed by atoms with Crippen molar-refractivity contribution in [3.05, 3.63) is 22.2 Å². The SMILES string of the molecule is CC(C)c1c(Cl)c(C(F)(F)F)cc2nc(N)sc12. The van der Waals surface area contributed by atoms with Gasteiger partial charge in [-0.15, -0.1) is 0 Å². The van der Waals surface area contributed by atoms with Crippen LogP contribution in [0.15, 0.2) is 6.07 Å². The van der Waals surface area contributed by atoms with Gasteiger partial charge in [0.15, 0.2) is 5.13 Å². The van der Waals surface area contributed by atoms with Crippen molar-refractivity contribution in [2.24, 2.45) is 0 Å². The number of alkyl halides is 3. The Labute approximate surface area is 111 Å². The Morgan fingerprint density at radius 1 is 1.39 bits per heavy atom. The van der Waals surface area contributed by atoms with Crippen LogP contribution in [0.4, 0.5) is 18.3 Å². The number of benzene rings is 1. The van der Waals surface area contributed by atoms with Gasteiger partial charge in [-0.1, -0.05) is 36.8 Å². The average molecular weight is 295 g/mol. The third-order valence-electron chi connectivity index (χ3n) is 2.55. The second-order valence-corrected chi connectivity index (χ2v) is 5.61. The molecule has 7 heteroatoms. The number of nitrogens with zero attached hydrogens (tertiary/aromatic N) is 1. The van der Waals surface area contributed by atoms with E-state index in [9.17, 15) is 13.2 Å². The Morgan fingerprint density at radius 3 is 2.50 bits per heavy atom. The van der Waals surface area contributed by atoms with Crippen molar-refractivity contribution in [3.63, 3.8) is 0 Å². The van der Waals surface area contributed by atoms with E-state index >= 15 is 0 Å². The molecular formula is C11H10ClF3N2S. The lowest BCUT2D eigenvalue weighted by Crippen LogP contribution is -2.08. The average Bonchev–Trinajstić information content (AvgIpc) is 2.54. The topological polar surface area (TPSA) is 38.9 Å². The highest BCUT2D eigenvalue weighted by molar-refractivity contribution is 7.22. The second-order valence-electron chi connectivity index (χ2n) is 4.20. The number of hydrogen-bond donors (Lipinski definition) is 1. The van der Waals surface area contributed by atoms with Gasteiger partial charge in [-0.25, -0.2) is 4.98 Å². The summed E-state index contributed by atoms with van der Waals surface area (Å²) in [6, 6.07) is 0.955. The lowest BCUT2D eigenvalue weighted by Gasteiger charge is -2.15. The molecule has 0 fully saturated rings. The molecule has 0 aliphatic carbocycles. The van der Waals surface area contributed by atoms with Crippen LogP contribution in [0.1, 0.15) is 30.9 Å². The minimum atomic E-state index is -4.49. The number of nitrogens with two attached hydrogens (primary N) is 1. The second kappa shape index (κ2) is 4.28. The number of nitrogen functional groups attached to an aromatic ring is 1. The summed E-state index contributed by atoms with van der Waals surface area (Å²) < 4.78 is 39.3. The minimum Gasteiger partial charge on any atom is -0.375 e. The zero-order chi connectivity index (χ0) is 13.7. The largest absolute Gasteiger partial charge is 0.417 e. The molecule has 0 saturated carbocycles. The van der Waals surface area contributed by atoms with Crippen LogP contribution in [0.5, 0.6) is 0 Å². The lowest BCUT2D eigenvalue weighted by molar-refractivity contribution is -0.137. The zero-order valence-electron chi connectivity index (χ0n) is 9.60. The van der Waals surface area contributed by atoms with E-state index in [1.807, 2.05) is 0 Å². The van der Waals surface area contributed by atoms with Crippen LogP contribution in [0.3, 0.4) is 0 Å². The van der Waals surface area contributed by atoms with Crippen molar-refractivity contribution in [2.45, 2.75) is 25.9 Å². The summed E-state index contributed by atoms with van der Waals surface area (Å²) in [7, 11) is 0.